The number of hydrogen-bond donors (Lipinski definition) is 0. The molecule has 1 aliphatic heterocycles. The highest BCUT2D eigenvalue weighted by Gasteiger charge is 2.50. The first kappa shape index (κ1) is 26.7. The van der Waals surface area contributed by atoms with Gasteiger partial charge in [-0.25, -0.2) is 8.42 Å². The van der Waals surface area contributed by atoms with Gasteiger partial charge in [0.15, 0.2) is 16.9 Å². The molecule has 0 saturated carbocycles. The summed E-state index contributed by atoms with van der Waals surface area (Å²) >= 11 is 0. The molecular formula is C27H26N2O8S. The largest absolute Gasteiger partial charge is 0.496 e. The monoisotopic (exact) mass is 538 g/mol. The van der Waals surface area contributed by atoms with Crippen molar-refractivity contribution in [1.82, 2.24) is 0 Å². The highest BCUT2D eigenvalue weighted by atomic mass is 32.2. The quantitative estimate of drug-likeness (QED) is 0.240. The molecule has 0 spiro atoms. The van der Waals surface area contributed by atoms with E-state index in [1.807, 2.05) is 19.9 Å². The maximum absolute atomic E-state index is 14.0. The minimum absolute atomic E-state index is 0.0920. The average Bonchev–Trinajstić information content (AvgIpc) is 3.08. The van der Waals surface area contributed by atoms with Crippen LogP contribution in [0.1, 0.15) is 27.6 Å². The van der Waals surface area contributed by atoms with E-state index in [0.29, 0.717) is 17.2 Å². The lowest BCUT2D eigenvalue weighted by atomic mass is 10.1. The number of rotatable bonds is 7. The van der Waals surface area contributed by atoms with Gasteiger partial charge < -0.3 is 14.2 Å². The zero-order valence-corrected chi connectivity index (χ0v) is 22.2. The van der Waals surface area contributed by atoms with Gasteiger partial charge in [-0.05, 0) is 54.8 Å². The number of nitro benzene ring substituents is 1. The Labute approximate surface area is 220 Å². The third-order valence-electron chi connectivity index (χ3n) is 6.14. The number of benzene rings is 3. The van der Waals surface area contributed by atoms with Crippen LogP contribution in [0, 0.1) is 24.0 Å². The third-order valence-corrected chi connectivity index (χ3v) is 8.11. The van der Waals surface area contributed by atoms with Crippen LogP contribution in [-0.2, 0) is 14.6 Å². The third kappa shape index (κ3) is 4.68. The average molecular weight is 539 g/mol. The molecule has 0 bridgehead atoms. The van der Waals surface area contributed by atoms with Crippen molar-refractivity contribution in [2.24, 2.45) is 0 Å². The Balaban J connectivity index is 1.99. The fourth-order valence-corrected chi connectivity index (χ4v) is 6.39. The van der Waals surface area contributed by atoms with E-state index in [0.717, 1.165) is 16.0 Å². The molecule has 1 heterocycles. The van der Waals surface area contributed by atoms with Crippen molar-refractivity contribution < 1.29 is 32.3 Å². The number of amides is 1. The number of sulfone groups is 1. The fourth-order valence-electron chi connectivity index (χ4n) is 4.52. The molecule has 0 N–H and O–H groups in total. The van der Waals surface area contributed by atoms with Crippen LogP contribution in [0.3, 0.4) is 0 Å². The van der Waals surface area contributed by atoms with Gasteiger partial charge in [0.05, 0.1) is 26.3 Å². The maximum Gasteiger partial charge on any atom is 0.271 e. The lowest BCUT2D eigenvalue weighted by Gasteiger charge is -2.24. The summed E-state index contributed by atoms with van der Waals surface area (Å²) < 4.78 is 44.1. The molecule has 1 atom stereocenters. The molecule has 1 aliphatic rings. The second kappa shape index (κ2) is 10.2. The number of non-ortho nitro benzene ring substituents is 1. The molecular weight excluding hydrogens is 512 g/mol. The molecule has 10 nitrogen and oxygen atoms in total. The molecule has 3 aromatic rings. The van der Waals surface area contributed by atoms with Crippen LogP contribution >= 0.6 is 0 Å². The first-order valence-corrected chi connectivity index (χ1v) is 13.0. The topological polar surface area (TPSA) is 125 Å². The summed E-state index contributed by atoms with van der Waals surface area (Å²) in [5.74, 6) is 0.154. The summed E-state index contributed by atoms with van der Waals surface area (Å²) in [6, 6.07) is 13.6. The van der Waals surface area contributed by atoms with E-state index in [9.17, 15) is 23.3 Å². The van der Waals surface area contributed by atoms with E-state index >= 15 is 0 Å². The molecule has 0 aromatic heterocycles. The van der Waals surface area contributed by atoms with Gasteiger partial charge in [0.25, 0.3) is 11.6 Å². The van der Waals surface area contributed by atoms with E-state index in [1.54, 1.807) is 12.1 Å². The molecule has 198 valence electrons. The van der Waals surface area contributed by atoms with Gasteiger partial charge in [-0.2, -0.15) is 0 Å². The van der Waals surface area contributed by atoms with Crippen LogP contribution in [-0.4, -0.2) is 40.6 Å². The Hall–Kier alpha value is -4.38. The number of carbonyl (C=O) groups excluding carboxylic acids is 1. The van der Waals surface area contributed by atoms with Crippen molar-refractivity contribution >= 4 is 33.2 Å². The SMILES string of the molecule is COc1cc(OC)c(OC)cc1C=C1C(=O)N(c2cc(C)cc(C)c2)C(c2cccc([N+](=O)[O-])c2)S1(=O)=O. The smallest absolute Gasteiger partial charge is 0.271 e. The Morgan fingerprint density at radius 2 is 1.50 bits per heavy atom. The van der Waals surface area contributed by atoms with E-state index in [2.05, 4.69) is 0 Å². The molecule has 0 aliphatic carbocycles. The Morgan fingerprint density at radius 1 is 0.895 bits per heavy atom. The molecule has 1 fully saturated rings. The minimum atomic E-state index is -4.37. The van der Waals surface area contributed by atoms with Gasteiger partial charge in [-0.15, -0.1) is 0 Å². The van der Waals surface area contributed by atoms with Gasteiger partial charge >= 0.3 is 0 Å². The minimum Gasteiger partial charge on any atom is -0.496 e. The molecule has 11 heteroatoms. The number of aryl methyl sites for hydroxylation is 2. The predicted octanol–water partition coefficient (Wildman–Crippen LogP) is 4.74. The van der Waals surface area contributed by atoms with Crippen LogP contribution in [0.5, 0.6) is 17.2 Å². The number of nitro groups is 1. The van der Waals surface area contributed by atoms with Gasteiger partial charge in [-0.3, -0.25) is 19.8 Å². The van der Waals surface area contributed by atoms with Crippen LogP contribution in [0.25, 0.3) is 6.08 Å². The van der Waals surface area contributed by atoms with E-state index < -0.39 is 30.9 Å². The lowest BCUT2D eigenvalue weighted by molar-refractivity contribution is -0.384. The Morgan fingerprint density at radius 3 is 2.08 bits per heavy atom. The van der Waals surface area contributed by atoms with Gasteiger partial charge in [-0.1, -0.05) is 18.2 Å². The highest BCUT2D eigenvalue weighted by molar-refractivity contribution is 7.97. The standard InChI is InChI=1S/C27H26N2O8S/c1-16-9-17(2)11-21(10-16)28-26(30)25(14-19-13-23(36-4)24(37-5)15-22(19)35-3)38(33,34)27(28)18-7-6-8-20(12-18)29(31)32/h6-15,27H,1-5H3. The van der Waals surface area contributed by atoms with Crippen LogP contribution < -0.4 is 19.1 Å². The van der Waals surface area contributed by atoms with Crippen molar-refractivity contribution in [3.05, 3.63) is 91.9 Å². The highest BCUT2D eigenvalue weighted by Crippen LogP contribution is 2.45. The van der Waals surface area contributed by atoms with Gasteiger partial charge in [0, 0.05) is 29.4 Å². The zero-order chi connectivity index (χ0) is 27.8. The first-order valence-electron chi connectivity index (χ1n) is 11.4. The summed E-state index contributed by atoms with van der Waals surface area (Å²) in [4.78, 5) is 25.4. The van der Waals surface area contributed by atoms with Crippen LogP contribution in [0.4, 0.5) is 11.4 Å². The molecule has 4 rings (SSSR count). The maximum atomic E-state index is 14.0. The number of carbonyl (C=O) groups is 1. The van der Waals surface area contributed by atoms with Crippen LogP contribution in [0.15, 0.2) is 59.5 Å². The van der Waals surface area contributed by atoms with Crippen molar-refractivity contribution in [3.63, 3.8) is 0 Å². The van der Waals surface area contributed by atoms with E-state index in [1.165, 1.54) is 63.8 Å². The molecule has 1 amide bonds. The van der Waals surface area contributed by atoms with Crippen LogP contribution in [0.2, 0.25) is 0 Å². The number of nitrogens with zero attached hydrogens (tertiary/aromatic N) is 2. The second-order valence-electron chi connectivity index (χ2n) is 8.73. The number of ether oxygens (including phenoxy) is 3. The van der Waals surface area contributed by atoms with Gasteiger partial charge in [0.2, 0.25) is 9.84 Å². The predicted molar refractivity (Wildman–Crippen MR) is 142 cm³/mol. The van der Waals surface area contributed by atoms with E-state index in [-0.39, 0.29) is 22.6 Å². The summed E-state index contributed by atoms with van der Waals surface area (Å²) in [5.41, 5.74) is 2.08. The summed E-state index contributed by atoms with van der Waals surface area (Å²) in [5, 5.41) is 9.93. The summed E-state index contributed by atoms with van der Waals surface area (Å²) in [6.45, 7) is 3.67. The van der Waals surface area contributed by atoms with Crippen molar-refractivity contribution in [1.29, 1.82) is 0 Å². The molecule has 1 saturated heterocycles. The van der Waals surface area contributed by atoms with Crippen molar-refractivity contribution in [2.75, 3.05) is 26.2 Å². The first-order chi connectivity index (χ1) is 18.0. The molecule has 0 radical (unpaired) electrons. The molecule has 1 unspecified atom stereocenters. The summed E-state index contributed by atoms with van der Waals surface area (Å²) in [7, 11) is -0.0825. The van der Waals surface area contributed by atoms with Crippen molar-refractivity contribution in [3.8, 4) is 17.2 Å². The number of hydrogen-bond acceptors (Lipinski definition) is 8. The van der Waals surface area contributed by atoms with E-state index in [4.69, 9.17) is 14.2 Å². The summed E-state index contributed by atoms with van der Waals surface area (Å²) in [6.07, 6.45) is 1.23. The van der Waals surface area contributed by atoms with Gasteiger partial charge in [0.1, 0.15) is 10.7 Å². The molecule has 3 aromatic carbocycles. The number of anilines is 1. The number of methoxy groups -OCH3 is 3. The zero-order valence-electron chi connectivity index (χ0n) is 21.4. The van der Waals surface area contributed by atoms with Crippen molar-refractivity contribution in [2.45, 2.75) is 19.2 Å². The Kier molecular flexibility index (Phi) is 7.14. The fraction of sp³-hybridized carbons (Fsp3) is 0.222. The lowest BCUT2D eigenvalue weighted by Crippen LogP contribution is -2.29. The molecule has 38 heavy (non-hydrogen) atoms. The normalized spacial score (nSPS) is 17.5. The second-order valence-corrected chi connectivity index (χ2v) is 10.7. The Bertz CT molecular complexity index is 1560.